The van der Waals surface area contributed by atoms with Gasteiger partial charge in [-0.1, -0.05) is 6.42 Å². The minimum Gasteiger partial charge on any atom is -0.497 e. The summed E-state index contributed by atoms with van der Waals surface area (Å²) in [6.07, 6.45) is 2.50. The van der Waals surface area contributed by atoms with Gasteiger partial charge in [0.1, 0.15) is 5.75 Å². The van der Waals surface area contributed by atoms with Gasteiger partial charge in [0.15, 0.2) is 0 Å². The molecule has 8 heteroatoms. The van der Waals surface area contributed by atoms with E-state index in [9.17, 15) is 13.2 Å². The number of carbonyl (C=O) groups excluding carboxylic acids is 1. The summed E-state index contributed by atoms with van der Waals surface area (Å²) in [5.41, 5.74) is 1.74. The van der Waals surface area contributed by atoms with Gasteiger partial charge in [0.05, 0.1) is 12.0 Å². The molecule has 0 bridgehead atoms. The van der Waals surface area contributed by atoms with Crippen molar-refractivity contribution in [2.45, 2.75) is 36.6 Å². The highest BCUT2D eigenvalue weighted by molar-refractivity contribution is 7.89. The third-order valence-corrected chi connectivity index (χ3v) is 7.29. The fraction of sp³-hybridized carbons (Fsp3) is 0.409. The fourth-order valence-corrected chi connectivity index (χ4v) is 5.34. The quantitative estimate of drug-likeness (QED) is 0.727. The van der Waals surface area contributed by atoms with Gasteiger partial charge in [-0.3, -0.25) is 4.79 Å². The van der Waals surface area contributed by atoms with Crippen molar-refractivity contribution >= 4 is 27.3 Å². The van der Waals surface area contributed by atoms with E-state index in [0.717, 1.165) is 18.5 Å². The molecule has 1 heterocycles. The van der Waals surface area contributed by atoms with Gasteiger partial charge in [0, 0.05) is 44.5 Å². The molecule has 1 aliphatic rings. The summed E-state index contributed by atoms with van der Waals surface area (Å²) in [5, 5.41) is 2.89. The molecule has 30 heavy (non-hydrogen) atoms. The Labute approximate surface area is 178 Å². The molecule has 1 unspecified atom stereocenters. The van der Waals surface area contributed by atoms with Crippen LogP contribution in [0.4, 0.5) is 11.4 Å². The van der Waals surface area contributed by atoms with E-state index in [-0.39, 0.29) is 23.3 Å². The summed E-state index contributed by atoms with van der Waals surface area (Å²) in [6.45, 7) is 0.420. The van der Waals surface area contributed by atoms with Crippen LogP contribution in [0.2, 0.25) is 0 Å². The Balaban J connectivity index is 1.70. The van der Waals surface area contributed by atoms with Gasteiger partial charge < -0.3 is 15.0 Å². The van der Waals surface area contributed by atoms with Crippen molar-refractivity contribution in [3.63, 3.8) is 0 Å². The number of hydrogen-bond donors (Lipinski definition) is 1. The number of piperidine rings is 1. The van der Waals surface area contributed by atoms with Crippen molar-refractivity contribution in [1.82, 2.24) is 4.31 Å². The van der Waals surface area contributed by atoms with Crippen LogP contribution >= 0.6 is 0 Å². The van der Waals surface area contributed by atoms with Gasteiger partial charge in [-0.25, -0.2) is 8.42 Å². The van der Waals surface area contributed by atoms with E-state index in [1.54, 1.807) is 24.3 Å². The van der Waals surface area contributed by atoms with E-state index < -0.39 is 10.0 Å². The number of rotatable bonds is 7. The Bertz CT molecular complexity index is 957. The molecular weight excluding hydrogens is 402 g/mol. The zero-order chi connectivity index (χ0) is 21.7. The summed E-state index contributed by atoms with van der Waals surface area (Å²) in [7, 11) is 1.77. The lowest BCUT2D eigenvalue weighted by Crippen LogP contribution is -2.45. The molecule has 1 atom stereocenters. The summed E-state index contributed by atoms with van der Waals surface area (Å²) in [4.78, 5) is 14.8. The molecule has 1 saturated heterocycles. The van der Waals surface area contributed by atoms with Crippen molar-refractivity contribution in [3.05, 3.63) is 48.5 Å². The van der Waals surface area contributed by atoms with Crippen molar-refractivity contribution in [1.29, 1.82) is 0 Å². The number of anilines is 2. The highest BCUT2D eigenvalue weighted by Crippen LogP contribution is 2.28. The van der Waals surface area contributed by atoms with E-state index >= 15 is 0 Å². The predicted molar refractivity (Wildman–Crippen MR) is 119 cm³/mol. The second-order valence-electron chi connectivity index (χ2n) is 7.63. The van der Waals surface area contributed by atoms with Crippen molar-refractivity contribution in [2.75, 3.05) is 38.0 Å². The molecule has 2 aromatic carbocycles. The normalized spacial score (nSPS) is 17.4. The first-order valence-corrected chi connectivity index (χ1v) is 11.5. The summed E-state index contributed by atoms with van der Waals surface area (Å²) in [6, 6.07) is 13.6. The minimum atomic E-state index is -3.68. The van der Waals surface area contributed by atoms with E-state index in [2.05, 4.69) is 5.32 Å². The lowest BCUT2D eigenvalue weighted by atomic mass is 10.0. The van der Waals surface area contributed by atoms with Crippen LogP contribution in [0.15, 0.2) is 53.4 Å². The number of nitrogens with zero attached hydrogens (tertiary/aromatic N) is 2. The average molecular weight is 432 g/mol. The van der Waals surface area contributed by atoms with Gasteiger partial charge >= 0.3 is 0 Å². The molecular formula is C22H29N3O4S. The minimum absolute atomic E-state index is 0.130. The van der Waals surface area contributed by atoms with Gasteiger partial charge in [-0.15, -0.1) is 0 Å². The maximum absolute atomic E-state index is 13.2. The largest absolute Gasteiger partial charge is 0.497 e. The SMILES string of the molecule is COc1ccc(S(=O)(=O)N2CCCCC2CC(=O)Nc2ccc(N(C)C)cc2)cc1. The van der Waals surface area contributed by atoms with E-state index in [0.29, 0.717) is 24.4 Å². The molecule has 0 aromatic heterocycles. The Morgan fingerprint density at radius 2 is 1.77 bits per heavy atom. The zero-order valence-corrected chi connectivity index (χ0v) is 18.5. The predicted octanol–water partition coefficient (Wildman–Crippen LogP) is 3.33. The average Bonchev–Trinajstić information content (AvgIpc) is 2.74. The summed E-state index contributed by atoms with van der Waals surface area (Å²) >= 11 is 0. The monoisotopic (exact) mass is 431 g/mol. The number of benzene rings is 2. The van der Waals surface area contributed by atoms with Crippen LogP contribution in [0.25, 0.3) is 0 Å². The smallest absolute Gasteiger partial charge is 0.243 e. The molecule has 3 rings (SSSR count). The molecule has 7 nitrogen and oxygen atoms in total. The Morgan fingerprint density at radius 1 is 1.10 bits per heavy atom. The molecule has 2 aromatic rings. The highest BCUT2D eigenvalue weighted by Gasteiger charge is 2.34. The lowest BCUT2D eigenvalue weighted by Gasteiger charge is -2.34. The first kappa shape index (κ1) is 22.1. The molecule has 1 amide bonds. The van der Waals surface area contributed by atoms with Crippen LogP contribution in [-0.2, 0) is 14.8 Å². The third kappa shape index (κ3) is 5.12. The third-order valence-electron chi connectivity index (χ3n) is 5.33. The summed E-state index contributed by atoms with van der Waals surface area (Å²) in [5.74, 6) is 0.415. The molecule has 1 aliphatic heterocycles. The van der Waals surface area contributed by atoms with Crippen LogP contribution < -0.4 is 15.0 Å². The van der Waals surface area contributed by atoms with E-state index in [1.165, 1.54) is 11.4 Å². The lowest BCUT2D eigenvalue weighted by molar-refractivity contribution is -0.117. The number of ether oxygens (including phenoxy) is 1. The molecule has 0 saturated carbocycles. The van der Waals surface area contributed by atoms with Crippen LogP contribution in [-0.4, -0.2) is 52.4 Å². The molecule has 162 valence electrons. The van der Waals surface area contributed by atoms with Crippen LogP contribution in [0.3, 0.4) is 0 Å². The number of hydrogen-bond acceptors (Lipinski definition) is 5. The molecule has 0 radical (unpaired) electrons. The van der Waals surface area contributed by atoms with Gasteiger partial charge in [-0.05, 0) is 61.4 Å². The van der Waals surface area contributed by atoms with Crippen molar-refractivity contribution in [2.24, 2.45) is 0 Å². The van der Waals surface area contributed by atoms with Crippen LogP contribution in [0, 0.1) is 0 Å². The van der Waals surface area contributed by atoms with E-state index in [1.807, 2.05) is 43.3 Å². The maximum atomic E-state index is 13.2. The standard InChI is InChI=1S/C22H29N3O4S/c1-24(2)18-9-7-17(8-10-18)23-22(26)16-19-6-4-5-15-25(19)30(27,28)21-13-11-20(29-3)12-14-21/h7-14,19H,4-6,15-16H2,1-3H3,(H,23,26). The second-order valence-corrected chi connectivity index (χ2v) is 9.53. The number of nitrogens with one attached hydrogen (secondary N) is 1. The molecule has 1 N–H and O–H groups in total. The van der Waals surface area contributed by atoms with Gasteiger partial charge in [0.25, 0.3) is 0 Å². The second kappa shape index (κ2) is 9.49. The van der Waals surface area contributed by atoms with Crippen LogP contribution in [0.1, 0.15) is 25.7 Å². The van der Waals surface area contributed by atoms with E-state index in [4.69, 9.17) is 4.74 Å². The Kier molecular flexibility index (Phi) is 6.99. The fourth-order valence-electron chi connectivity index (χ4n) is 3.65. The highest BCUT2D eigenvalue weighted by atomic mass is 32.2. The first-order chi connectivity index (χ1) is 14.3. The topological polar surface area (TPSA) is 79.0 Å². The first-order valence-electron chi connectivity index (χ1n) is 10.0. The van der Waals surface area contributed by atoms with Crippen molar-refractivity contribution < 1.29 is 17.9 Å². The van der Waals surface area contributed by atoms with Crippen molar-refractivity contribution in [3.8, 4) is 5.75 Å². The Hall–Kier alpha value is -2.58. The molecule has 0 spiro atoms. The van der Waals surface area contributed by atoms with Crippen LogP contribution in [0.5, 0.6) is 5.75 Å². The number of amides is 1. The Morgan fingerprint density at radius 3 is 2.37 bits per heavy atom. The number of methoxy groups -OCH3 is 1. The molecule has 0 aliphatic carbocycles. The summed E-state index contributed by atoms with van der Waals surface area (Å²) < 4.78 is 33.0. The zero-order valence-electron chi connectivity index (χ0n) is 17.7. The number of carbonyl (C=O) groups is 1. The number of sulfonamides is 1. The van der Waals surface area contributed by atoms with Gasteiger partial charge in [-0.2, -0.15) is 4.31 Å². The van der Waals surface area contributed by atoms with Gasteiger partial charge in [0.2, 0.25) is 15.9 Å². The maximum Gasteiger partial charge on any atom is 0.243 e. The molecule has 1 fully saturated rings.